The number of hydrogen-bond donors (Lipinski definition) is 1. The number of nitrogens with one attached hydrogen (secondary N) is 1. The zero-order chi connectivity index (χ0) is 15.3. The molecule has 7 heteroatoms. The molecular formula is C14H13F3N2O2. The average Bonchev–Trinajstić information content (AvgIpc) is 2.42. The molecular weight excluding hydrogens is 285 g/mol. The number of para-hydroxylation sites is 2. The molecule has 0 aliphatic carbocycles. The Morgan fingerprint density at radius 2 is 1.81 bits per heavy atom. The van der Waals surface area contributed by atoms with Crippen LogP contribution in [0, 0.1) is 0 Å². The lowest BCUT2D eigenvalue weighted by molar-refractivity contribution is -0.275. The smallest absolute Gasteiger partial charge is 0.435 e. The molecule has 0 unspecified atom stereocenters. The van der Waals surface area contributed by atoms with Gasteiger partial charge in [0.1, 0.15) is 0 Å². The van der Waals surface area contributed by atoms with Gasteiger partial charge in [-0.1, -0.05) is 18.2 Å². The van der Waals surface area contributed by atoms with Crippen LogP contribution in [0.3, 0.4) is 0 Å². The summed E-state index contributed by atoms with van der Waals surface area (Å²) >= 11 is 0. The summed E-state index contributed by atoms with van der Waals surface area (Å²) in [7, 11) is 1.80. The first-order valence-electron chi connectivity index (χ1n) is 6.10. The highest BCUT2D eigenvalue weighted by Crippen LogP contribution is 2.34. The second-order valence-electron chi connectivity index (χ2n) is 4.13. The van der Waals surface area contributed by atoms with Crippen molar-refractivity contribution in [3.63, 3.8) is 0 Å². The average molecular weight is 298 g/mol. The Morgan fingerprint density at radius 1 is 1.10 bits per heavy atom. The van der Waals surface area contributed by atoms with Gasteiger partial charge in [-0.3, -0.25) is 0 Å². The quantitative estimate of drug-likeness (QED) is 0.917. The Balaban J connectivity index is 2.15. The van der Waals surface area contributed by atoms with Crippen molar-refractivity contribution in [2.45, 2.75) is 12.9 Å². The molecule has 0 spiro atoms. The molecule has 0 atom stereocenters. The van der Waals surface area contributed by atoms with Crippen molar-refractivity contribution >= 4 is 0 Å². The molecule has 4 nitrogen and oxygen atoms in total. The molecule has 1 aromatic heterocycles. The van der Waals surface area contributed by atoms with Gasteiger partial charge in [-0.25, -0.2) is 4.98 Å². The molecule has 0 saturated carbocycles. The molecule has 0 fully saturated rings. The number of nitrogens with zero attached hydrogens (tertiary/aromatic N) is 1. The van der Waals surface area contributed by atoms with Gasteiger partial charge in [0.25, 0.3) is 0 Å². The predicted octanol–water partition coefficient (Wildman–Crippen LogP) is 3.49. The van der Waals surface area contributed by atoms with E-state index < -0.39 is 12.1 Å². The lowest BCUT2D eigenvalue weighted by Crippen LogP contribution is -2.17. The lowest BCUT2D eigenvalue weighted by atomic mass is 10.3. The van der Waals surface area contributed by atoms with Gasteiger partial charge in [0.05, 0.1) is 0 Å². The third-order valence-corrected chi connectivity index (χ3v) is 2.47. The number of pyridine rings is 1. The Hall–Kier alpha value is -2.28. The molecule has 0 bridgehead atoms. The maximum Gasteiger partial charge on any atom is 0.573 e. The Bertz CT molecular complexity index is 586. The Morgan fingerprint density at radius 3 is 2.38 bits per heavy atom. The van der Waals surface area contributed by atoms with E-state index in [0.717, 1.165) is 5.56 Å². The van der Waals surface area contributed by atoms with E-state index in [4.69, 9.17) is 4.74 Å². The van der Waals surface area contributed by atoms with Crippen molar-refractivity contribution < 1.29 is 22.6 Å². The summed E-state index contributed by atoms with van der Waals surface area (Å²) in [5.74, 6) is -0.275. The SMILES string of the molecule is CNCc1ccc(Oc2ccccc2OC(F)(F)F)nc1. The molecule has 2 aromatic rings. The normalized spacial score (nSPS) is 11.2. The lowest BCUT2D eigenvalue weighted by Gasteiger charge is -2.13. The summed E-state index contributed by atoms with van der Waals surface area (Å²) < 4.78 is 46.1. The van der Waals surface area contributed by atoms with E-state index >= 15 is 0 Å². The maximum absolute atomic E-state index is 12.3. The maximum atomic E-state index is 12.3. The molecule has 21 heavy (non-hydrogen) atoms. The number of ether oxygens (including phenoxy) is 2. The molecule has 2 rings (SSSR count). The van der Waals surface area contributed by atoms with Gasteiger partial charge in [0.15, 0.2) is 11.5 Å². The van der Waals surface area contributed by atoms with Crippen LogP contribution in [0.1, 0.15) is 5.56 Å². The molecule has 0 radical (unpaired) electrons. The van der Waals surface area contributed by atoms with Gasteiger partial charge in [0, 0.05) is 18.8 Å². The van der Waals surface area contributed by atoms with Gasteiger partial charge < -0.3 is 14.8 Å². The van der Waals surface area contributed by atoms with Crippen LogP contribution in [0.15, 0.2) is 42.6 Å². The molecule has 0 aliphatic rings. The first-order valence-corrected chi connectivity index (χ1v) is 6.10. The fraction of sp³-hybridized carbons (Fsp3) is 0.214. The second-order valence-corrected chi connectivity index (χ2v) is 4.13. The second kappa shape index (κ2) is 6.45. The minimum Gasteiger partial charge on any atom is -0.435 e. The number of alkyl halides is 3. The molecule has 112 valence electrons. The summed E-state index contributed by atoms with van der Waals surface area (Å²) in [5.41, 5.74) is 0.935. The monoisotopic (exact) mass is 298 g/mol. The van der Waals surface area contributed by atoms with Crippen molar-refractivity contribution in [3.8, 4) is 17.4 Å². The van der Waals surface area contributed by atoms with Crippen LogP contribution in [0.5, 0.6) is 17.4 Å². The minimum atomic E-state index is -4.77. The van der Waals surface area contributed by atoms with Crippen molar-refractivity contribution in [2.75, 3.05) is 7.05 Å². The molecule has 1 aromatic carbocycles. The van der Waals surface area contributed by atoms with E-state index in [1.54, 1.807) is 31.4 Å². The van der Waals surface area contributed by atoms with Gasteiger partial charge in [-0.05, 0) is 24.7 Å². The summed E-state index contributed by atoms with van der Waals surface area (Å²) in [5, 5.41) is 2.96. The molecule has 0 amide bonds. The largest absolute Gasteiger partial charge is 0.573 e. The van der Waals surface area contributed by atoms with Crippen LogP contribution >= 0.6 is 0 Å². The molecule has 1 N–H and O–H groups in total. The fourth-order valence-electron chi connectivity index (χ4n) is 1.64. The van der Waals surface area contributed by atoms with Crippen molar-refractivity contribution in [2.24, 2.45) is 0 Å². The number of halogens is 3. The van der Waals surface area contributed by atoms with Crippen molar-refractivity contribution in [1.82, 2.24) is 10.3 Å². The zero-order valence-electron chi connectivity index (χ0n) is 11.1. The van der Waals surface area contributed by atoms with Crippen molar-refractivity contribution in [3.05, 3.63) is 48.2 Å². The molecule has 0 saturated heterocycles. The summed E-state index contributed by atoms with van der Waals surface area (Å²) in [6.07, 6.45) is -3.19. The first kappa shape index (κ1) is 15.1. The van der Waals surface area contributed by atoms with Crippen LogP contribution in [0.4, 0.5) is 13.2 Å². The van der Waals surface area contributed by atoms with Crippen LogP contribution < -0.4 is 14.8 Å². The number of hydrogen-bond acceptors (Lipinski definition) is 4. The first-order chi connectivity index (χ1) is 9.98. The number of benzene rings is 1. The number of aromatic nitrogens is 1. The van der Waals surface area contributed by atoms with Crippen LogP contribution in [-0.4, -0.2) is 18.4 Å². The van der Waals surface area contributed by atoms with Gasteiger partial charge in [-0.2, -0.15) is 0 Å². The Labute approximate surface area is 119 Å². The fourth-order valence-corrected chi connectivity index (χ4v) is 1.64. The van der Waals surface area contributed by atoms with E-state index in [-0.39, 0.29) is 11.6 Å². The van der Waals surface area contributed by atoms with E-state index in [2.05, 4.69) is 15.0 Å². The standard InChI is InChI=1S/C14H13F3N2O2/c1-18-8-10-6-7-13(19-9-10)20-11-4-2-3-5-12(11)21-14(15,16)17/h2-7,9,18H,8H2,1H3. The molecule has 1 heterocycles. The summed E-state index contributed by atoms with van der Waals surface area (Å²) in [6, 6.07) is 8.89. The molecule has 0 aliphatic heterocycles. The topological polar surface area (TPSA) is 43.4 Å². The van der Waals surface area contributed by atoms with Crippen LogP contribution in [-0.2, 0) is 6.54 Å². The highest BCUT2D eigenvalue weighted by molar-refractivity contribution is 5.41. The van der Waals surface area contributed by atoms with Crippen LogP contribution in [0.2, 0.25) is 0 Å². The van der Waals surface area contributed by atoms with Gasteiger partial charge in [0.2, 0.25) is 5.88 Å². The number of rotatable bonds is 5. The van der Waals surface area contributed by atoms with Crippen LogP contribution in [0.25, 0.3) is 0 Å². The highest BCUT2D eigenvalue weighted by atomic mass is 19.4. The van der Waals surface area contributed by atoms with E-state index in [1.165, 1.54) is 18.2 Å². The van der Waals surface area contributed by atoms with Crippen molar-refractivity contribution in [1.29, 1.82) is 0 Å². The third-order valence-electron chi connectivity index (χ3n) is 2.47. The summed E-state index contributed by atoms with van der Waals surface area (Å²) in [6.45, 7) is 0.640. The minimum absolute atomic E-state index is 0.0521. The van der Waals surface area contributed by atoms with E-state index in [9.17, 15) is 13.2 Å². The predicted molar refractivity (Wildman–Crippen MR) is 70.2 cm³/mol. The highest BCUT2D eigenvalue weighted by Gasteiger charge is 2.32. The van der Waals surface area contributed by atoms with E-state index in [0.29, 0.717) is 6.54 Å². The third kappa shape index (κ3) is 4.64. The Kier molecular flexibility index (Phi) is 4.64. The van der Waals surface area contributed by atoms with Gasteiger partial charge >= 0.3 is 6.36 Å². The summed E-state index contributed by atoms with van der Waals surface area (Å²) in [4.78, 5) is 4.03. The zero-order valence-corrected chi connectivity index (χ0v) is 11.1. The van der Waals surface area contributed by atoms with E-state index in [1.807, 2.05) is 0 Å². The van der Waals surface area contributed by atoms with Gasteiger partial charge in [-0.15, -0.1) is 13.2 Å².